The first-order valence-electron chi connectivity index (χ1n) is 8.03. The topological polar surface area (TPSA) is 68.0 Å². The summed E-state index contributed by atoms with van der Waals surface area (Å²) < 4.78 is 16.0. The molecule has 0 saturated heterocycles. The number of aliphatic imine (C=N–C) groups is 1. The van der Waals surface area contributed by atoms with Crippen LogP contribution >= 0.6 is 0 Å². The van der Waals surface area contributed by atoms with Crippen LogP contribution in [0.25, 0.3) is 0 Å². The Morgan fingerprint density at radius 1 is 1.21 bits per heavy atom. The third-order valence-corrected chi connectivity index (χ3v) is 3.33. The molecule has 0 bridgehead atoms. The molecule has 24 heavy (non-hydrogen) atoms. The Kier molecular flexibility index (Phi) is 7.70. The molecule has 0 fully saturated rings. The summed E-state index contributed by atoms with van der Waals surface area (Å²) in [5, 5.41) is 6.51. The van der Waals surface area contributed by atoms with Crippen LogP contribution in [0.1, 0.15) is 12.2 Å². The van der Waals surface area contributed by atoms with Gasteiger partial charge in [-0.15, -0.1) is 0 Å². The van der Waals surface area contributed by atoms with E-state index in [0.29, 0.717) is 19.2 Å². The Labute approximate surface area is 142 Å². The van der Waals surface area contributed by atoms with Crippen LogP contribution < -0.4 is 15.4 Å². The fourth-order valence-corrected chi connectivity index (χ4v) is 2.13. The lowest BCUT2D eigenvalue weighted by atomic mass is 10.3. The maximum atomic E-state index is 5.70. The molecule has 130 valence electrons. The minimum absolute atomic E-state index is 0.632. The second-order valence-electron chi connectivity index (χ2n) is 5.18. The lowest BCUT2D eigenvalue weighted by Gasteiger charge is -2.13. The summed E-state index contributed by atoms with van der Waals surface area (Å²) in [6.45, 7) is 2.07. The van der Waals surface area contributed by atoms with Gasteiger partial charge in [-0.1, -0.05) is 6.07 Å². The van der Waals surface area contributed by atoms with E-state index >= 15 is 0 Å². The first-order chi connectivity index (χ1) is 11.8. The van der Waals surface area contributed by atoms with Crippen molar-refractivity contribution >= 4 is 11.6 Å². The molecule has 2 rings (SSSR count). The van der Waals surface area contributed by atoms with Crippen molar-refractivity contribution in [3.05, 3.63) is 48.4 Å². The molecule has 1 heterocycles. The van der Waals surface area contributed by atoms with Gasteiger partial charge in [0, 0.05) is 51.9 Å². The molecule has 2 N–H and O–H groups in total. The molecule has 6 heteroatoms. The highest BCUT2D eigenvalue weighted by atomic mass is 16.5. The number of guanidine groups is 1. The number of rotatable bonds is 9. The molecule has 0 aliphatic carbocycles. The molecule has 0 unspecified atom stereocenters. The molecular formula is C18H25N3O3. The minimum atomic E-state index is 0.632. The molecular weight excluding hydrogens is 306 g/mol. The van der Waals surface area contributed by atoms with Crippen molar-refractivity contribution in [2.45, 2.75) is 12.8 Å². The largest absolute Gasteiger partial charge is 0.493 e. The van der Waals surface area contributed by atoms with Gasteiger partial charge in [0.05, 0.1) is 12.9 Å². The van der Waals surface area contributed by atoms with Crippen LogP contribution in [0.3, 0.4) is 0 Å². The van der Waals surface area contributed by atoms with Crippen molar-refractivity contribution in [1.29, 1.82) is 0 Å². The third-order valence-electron chi connectivity index (χ3n) is 3.33. The number of benzene rings is 1. The molecule has 0 atom stereocenters. The summed E-state index contributed by atoms with van der Waals surface area (Å²) in [6, 6.07) is 11.7. The lowest BCUT2D eigenvalue weighted by molar-refractivity contribution is 0.172. The molecule has 1 aromatic heterocycles. The third kappa shape index (κ3) is 6.34. The molecule has 0 spiro atoms. The number of hydrogen-bond acceptors (Lipinski definition) is 4. The van der Waals surface area contributed by atoms with E-state index < -0.39 is 0 Å². The predicted octanol–water partition coefficient (Wildman–Crippen LogP) is 2.92. The molecule has 0 aliphatic heterocycles. The molecule has 0 saturated carbocycles. The SMILES string of the molecule is CN=C(NCCc1ccco1)Nc1cccc(OCCCOC)c1. The number of nitrogens with one attached hydrogen (secondary N) is 2. The van der Waals surface area contributed by atoms with E-state index in [-0.39, 0.29) is 0 Å². The van der Waals surface area contributed by atoms with Crippen LogP contribution in [0.4, 0.5) is 5.69 Å². The molecule has 2 aromatic rings. The summed E-state index contributed by atoms with van der Waals surface area (Å²) in [5.41, 5.74) is 0.922. The number of methoxy groups -OCH3 is 1. The second kappa shape index (κ2) is 10.3. The first kappa shape index (κ1) is 17.9. The van der Waals surface area contributed by atoms with Crippen molar-refractivity contribution < 1.29 is 13.9 Å². The van der Waals surface area contributed by atoms with Gasteiger partial charge < -0.3 is 24.5 Å². The highest BCUT2D eigenvalue weighted by molar-refractivity contribution is 5.93. The van der Waals surface area contributed by atoms with Gasteiger partial charge in [0.2, 0.25) is 0 Å². The van der Waals surface area contributed by atoms with Crippen molar-refractivity contribution in [2.24, 2.45) is 4.99 Å². The Morgan fingerprint density at radius 3 is 2.88 bits per heavy atom. The minimum Gasteiger partial charge on any atom is -0.493 e. The fraction of sp³-hybridized carbons (Fsp3) is 0.389. The van der Waals surface area contributed by atoms with Crippen molar-refractivity contribution in [1.82, 2.24) is 5.32 Å². The number of anilines is 1. The lowest BCUT2D eigenvalue weighted by Crippen LogP contribution is -2.32. The second-order valence-corrected chi connectivity index (χ2v) is 5.18. The van der Waals surface area contributed by atoms with Crippen molar-refractivity contribution in [3.63, 3.8) is 0 Å². The van der Waals surface area contributed by atoms with Crippen LogP contribution in [0.5, 0.6) is 5.75 Å². The average Bonchev–Trinajstić information content (AvgIpc) is 3.12. The van der Waals surface area contributed by atoms with E-state index in [1.165, 1.54) is 0 Å². The molecule has 1 aromatic carbocycles. The summed E-state index contributed by atoms with van der Waals surface area (Å²) in [7, 11) is 3.43. The quantitative estimate of drug-likeness (QED) is 0.420. The molecule has 0 aliphatic rings. The van der Waals surface area contributed by atoms with E-state index in [1.54, 1.807) is 20.4 Å². The normalized spacial score (nSPS) is 11.3. The Balaban J connectivity index is 1.79. The first-order valence-corrected chi connectivity index (χ1v) is 8.03. The van der Waals surface area contributed by atoms with Gasteiger partial charge in [-0.2, -0.15) is 0 Å². The van der Waals surface area contributed by atoms with Crippen LogP contribution in [0.15, 0.2) is 52.1 Å². The fourth-order valence-electron chi connectivity index (χ4n) is 2.13. The van der Waals surface area contributed by atoms with E-state index in [9.17, 15) is 0 Å². The van der Waals surface area contributed by atoms with Crippen LogP contribution in [0, 0.1) is 0 Å². The van der Waals surface area contributed by atoms with Crippen LogP contribution in [0.2, 0.25) is 0 Å². The van der Waals surface area contributed by atoms with Crippen molar-refractivity contribution in [2.75, 3.05) is 39.2 Å². The zero-order valence-corrected chi connectivity index (χ0v) is 14.2. The van der Waals surface area contributed by atoms with Gasteiger partial charge in [0.1, 0.15) is 11.5 Å². The van der Waals surface area contributed by atoms with E-state index in [0.717, 1.165) is 36.6 Å². The van der Waals surface area contributed by atoms with Crippen molar-refractivity contribution in [3.8, 4) is 5.75 Å². The Bertz CT molecular complexity index is 612. The predicted molar refractivity (Wildman–Crippen MR) is 95.8 cm³/mol. The highest BCUT2D eigenvalue weighted by Crippen LogP contribution is 2.17. The average molecular weight is 331 g/mol. The van der Waals surface area contributed by atoms with Gasteiger partial charge in [0.15, 0.2) is 5.96 Å². The molecule has 0 amide bonds. The van der Waals surface area contributed by atoms with E-state index in [2.05, 4.69) is 15.6 Å². The van der Waals surface area contributed by atoms with Gasteiger partial charge in [-0.25, -0.2) is 0 Å². The van der Waals surface area contributed by atoms with E-state index in [4.69, 9.17) is 13.9 Å². The summed E-state index contributed by atoms with van der Waals surface area (Å²) in [4.78, 5) is 4.22. The Hall–Kier alpha value is -2.47. The smallest absolute Gasteiger partial charge is 0.195 e. The van der Waals surface area contributed by atoms with Gasteiger partial charge in [0.25, 0.3) is 0 Å². The maximum Gasteiger partial charge on any atom is 0.195 e. The number of furan rings is 1. The zero-order chi connectivity index (χ0) is 17.0. The van der Waals surface area contributed by atoms with Crippen LogP contribution in [-0.2, 0) is 11.2 Å². The molecule has 6 nitrogen and oxygen atoms in total. The number of ether oxygens (including phenoxy) is 2. The number of hydrogen-bond donors (Lipinski definition) is 2. The number of nitrogens with zero attached hydrogens (tertiary/aromatic N) is 1. The summed E-state index contributed by atoms with van der Waals surface area (Å²) in [5.74, 6) is 2.48. The van der Waals surface area contributed by atoms with Crippen LogP contribution in [-0.4, -0.2) is 39.9 Å². The zero-order valence-electron chi connectivity index (χ0n) is 14.2. The monoisotopic (exact) mass is 331 g/mol. The van der Waals surface area contributed by atoms with E-state index in [1.807, 2.05) is 36.4 Å². The Morgan fingerprint density at radius 2 is 2.12 bits per heavy atom. The molecule has 0 radical (unpaired) electrons. The van der Waals surface area contributed by atoms with Gasteiger partial charge in [-0.3, -0.25) is 4.99 Å². The summed E-state index contributed by atoms with van der Waals surface area (Å²) >= 11 is 0. The maximum absolute atomic E-state index is 5.70. The highest BCUT2D eigenvalue weighted by Gasteiger charge is 2.02. The summed E-state index contributed by atoms with van der Waals surface area (Å²) in [6.07, 6.45) is 3.35. The standard InChI is InChI=1S/C18H25N3O3/c1-19-18(20-10-9-16-8-4-12-23-16)21-15-6-3-7-17(14-15)24-13-5-11-22-2/h3-4,6-8,12,14H,5,9-11,13H2,1-2H3,(H2,19,20,21). The van der Waals surface area contributed by atoms with Gasteiger partial charge in [-0.05, 0) is 24.3 Å². The van der Waals surface area contributed by atoms with Gasteiger partial charge >= 0.3 is 0 Å².